The van der Waals surface area contributed by atoms with Crippen molar-refractivity contribution in [1.29, 1.82) is 5.26 Å². The Morgan fingerprint density at radius 3 is 2.76 bits per heavy atom. The highest BCUT2D eigenvalue weighted by atomic mass is 16.5. The second-order valence-electron chi connectivity index (χ2n) is 8.16. The fourth-order valence-electron chi connectivity index (χ4n) is 4.49. The summed E-state index contributed by atoms with van der Waals surface area (Å²) in [5.74, 6) is 0.962. The number of primary amides is 1. The molecule has 0 bridgehead atoms. The molecule has 3 rings (SSSR count). The molecule has 7 heteroatoms. The Labute approximate surface area is 172 Å². The maximum absolute atomic E-state index is 13.2. The van der Waals surface area contributed by atoms with E-state index in [4.69, 9.17) is 10.5 Å². The van der Waals surface area contributed by atoms with Gasteiger partial charge in [0.15, 0.2) is 0 Å². The first-order chi connectivity index (χ1) is 14.0. The molecule has 1 unspecified atom stereocenters. The molecule has 7 nitrogen and oxygen atoms in total. The number of carbonyl (C=O) groups is 2. The molecule has 156 valence electrons. The lowest BCUT2D eigenvalue weighted by Crippen LogP contribution is -2.52. The fourth-order valence-corrected chi connectivity index (χ4v) is 4.49. The van der Waals surface area contributed by atoms with Crippen molar-refractivity contribution in [3.05, 3.63) is 29.8 Å². The molecule has 1 aliphatic carbocycles. The molecule has 3 N–H and O–H groups in total. The van der Waals surface area contributed by atoms with Crippen molar-refractivity contribution in [3.8, 4) is 11.8 Å². The van der Waals surface area contributed by atoms with E-state index in [1.807, 2.05) is 6.07 Å². The van der Waals surface area contributed by atoms with E-state index in [2.05, 4.69) is 11.4 Å². The summed E-state index contributed by atoms with van der Waals surface area (Å²) in [5, 5.41) is 13.2. The summed E-state index contributed by atoms with van der Waals surface area (Å²) < 4.78 is 4.96. The van der Waals surface area contributed by atoms with Crippen LogP contribution in [-0.2, 0) is 11.3 Å². The molecule has 1 atom stereocenters. The van der Waals surface area contributed by atoms with Gasteiger partial charge in [0.1, 0.15) is 11.3 Å². The lowest BCUT2D eigenvalue weighted by molar-refractivity contribution is -0.136. The highest BCUT2D eigenvalue weighted by Gasteiger charge is 2.42. The first kappa shape index (κ1) is 21.1. The predicted octanol–water partition coefficient (Wildman–Crippen LogP) is 3.09. The van der Waals surface area contributed by atoms with Crippen LogP contribution in [0.1, 0.15) is 56.9 Å². The first-order valence-corrected chi connectivity index (χ1v) is 10.5. The lowest BCUT2D eigenvalue weighted by Gasteiger charge is -2.36. The minimum atomic E-state index is -0.879. The summed E-state index contributed by atoms with van der Waals surface area (Å²) in [4.78, 5) is 26.0. The van der Waals surface area contributed by atoms with Crippen LogP contribution >= 0.6 is 0 Å². The molecule has 1 aromatic carbocycles. The smallest absolute Gasteiger partial charge is 0.409 e. The van der Waals surface area contributed by atoms with Crippen molar-refractivity contribution in [1.82, 2.24) is 10.2 Å². The normalized spacial score (nSPS) is 22.0. The highest BCUT2D eigenvalue weighted by Crippen LogP contribution is 2.30. The van der Waals surface area contributed by atoms with Crippen molar-refractivity contribution < 1.29 is 14.3 Å². The summed E-state index contributed by atoms with van der Waals surface area (Å²) in [6, 6.07) is 9.35. The highest BCUT2D eigenvalue weighted by molar-refractivity contribution is 5.78. The largest absolute Gasteiger partial charge is 0.410 e. The second kappa shape index (κ2) is 9.75. The van der Waals surface area contributed by atoms with Gasteiger partial charge in [-0.3, -0.25) is 4.79 Å². The zero-order valence-corrected chi connectivity index (χ0v) is 16.9. The van der Waals surface area contributed by atoms with Gasteiger partial charge in [0.2, 0.25) is 5.91 Å². The molecule has 1 saturated heterocycles. The predicted molar refractivity (Wildman–Crippen MR) is 109 cm³/mol. The average molecular weight is 399 g/mol. The van der Waals surface area contributed by atoms with Crippen LogP contribution in [0.5, 0.6) is 5.75 Å². The van der Waals surface area contributed by atoms with Crippen molar-refractivity contribution >= 4 is 12.0 Å². The average Bonchev–Trinajstić information content (AvgIpc) is 3.21. The van der Waals surface area contributed by atoms with Gasteiger partial charge in [0.25, 0.3) is 0 Å². The van der Waals surface area contributed by atoms with E-state index < -0.39 is 11.6 Å². The lowest BCUT2D eigenvalue weighted by atomic mass is 9.85. The number of nitrogens with one attached hydrogen (secondary N) is 1. The molecule has 1 saturated carbocycles. The third kappa shape index (κ3) is 5.48. The Bertz CT molecular complexity index is 762. The van der Waals surface area contributed by atoms with Crippen molar-refractivity contribution in [2.24, 2.45) is 11.7 Å². The summed E-state index contributed by atoms with van der Waals surface area (Å²) in [6.45, 7) is 1.48. The Morgan fingerprint density at radius 1 is 1.31 bits per heavy atom. The Morgan fingerprint density at radius 2 is 2.10 bits per heavy atom. The van der Waals surface area contributed by atoms with Gasteiger partial charge >= 0.3 is 6.09 Å². The number of hydrogen-bond acceptors (Lipinski definition) is 5. The molecule has 29 heavy (non-hydrogen) atoms. The molecule has 1 aliphatic heterocycles. The number of hydrogen-bond donors (Lipinski definition) is 2. The third-order valence-electron chi connectivity index (χ3n) is 6.11. The molecule has 1 aromatic rings. The molecule has 0 spiro atoms. The van der Waals surface area contributed by atoms with Gasteiger partial charge in [-0.05, 0) is 43.0 Å². The maximum atomic E-state index is 13.2. The van der Waals surface area contributed by atoms with Crippen LogP contribution in [0.2, 0.25) is 0 Å². The topological polar surface area (TPSA) is 108 Å². The van der Waals surface area contributed by atoms with Crippen molar-refractivity contribution in [2.45, 2.75) is 63.5 Å². The van der Waals surface area contributed by atoms with Crippen LogP contribution in [0.25, 0.3) is 0 Å². The molecule has 2 amide bonds. The van der Waals surface area contributed by atoms with Crippen LogP contribution in [0, 0.1) is 17.2 Å². The number of nitrogens with zero attached hydrogens (tertiary/aromatic N) is 2. The second-order valence-corrected chi connectivity index (χ2v) is 8.16. The first-order valence-electron chi connectivity index (χ1n) is 10.5. The molecule has 0 aromatic heterocycles. The van der Waals surface area contributed by atoms with Crippen LogP contribution in [-0.4, -0.2) is 35.5 Å². The molecule has 2 fully saturated rings. The zero-order valence-electron chi connectivity index (χ0n) is 16.9. The van der Waals surface area contributed by atoms with Gasteiger partial charge in [-0.25, -0.2) is 4.79 Å². The van der Waals surface area contributed by atoms with Crippen molar-refractivity contribution in [2.75, 3.05) is 13.1 Å². The summed E-state index contributed by atoms with van der Waals surface area (Å²) in [6.07, 6.45) is 7.27. The van der Waals surface area contributed by atoms with Crippen LogP contribution in [0.15, 0.2) is 24.3 Å². The minimum absolute atomic E-state index is 0.0158. The van der Waals surface area contributed by atoms with Crippen LogP contribution in [0.3, 0.4) is 0 Å². The van der Waals surface area contributed by atoms with E-state index in [1.165, 1.54) is 32.1 Å². The molecular weight excluding hydrogens is 368 g/mol. The third-order valence-corrected chi connectivity index (χ3v) is 6.11. The van der Waals surface area contributed by atoms with E-state index >= 15 is 0 Å². The van der Waals surface area contributed by atoms with E-state index in [0.717, 1.165) is 12.0 Å². The van der Waals surface area contributed by atoms with E-state index in [-0.39, 0.29) is 5.91 Å². The van der Waals surface area contributed by atoms with Gasteiger partial charge in [-0.15, -0.1) is 0 Å². The SMILES string of the molecule is N#CC1(N(Cc2cccc(OC(N)=O)c2)C(=O)CCC2CCCCC2)CCNC1. The van der Waals surface area contributed by atoms with Gasteiger partial charge < -0.3 is 20.7 Å². The summed E-state index contributed by atoms with van der Waals surface area (Å²) in [5.41, 5.74) is 5.06. The Balaban J connectivity index is 1.75. The number of amides is 2. The Hall–Kier alpha value is -2.59. The molecule has 1 heterocycles. The minimum Gasteiger partial charge on any atom is -0.410 e. The molecule has 2 aliphatic rings. The van der Waals surface area contributed by atoms with Crippen LogP contribution in [0.4, 0.5) is 4.79 Å². The van der Waals surface area contributed by atoms with Crippen LogP contribution < -0.4 is 15.8 Å². The number of ether oxygens (including phenoxy) is 1. The van der Waals surface area contributed by atoms with E-state index in [1.54, 1.807) is 23.1 Å². The number of nitrogens with two attached hydrogens (primary N) is 1. The summed E-state index contributed by atoms with van der Waals surface area (Å²) >= 11 is 0. The van der Waals surface area contributed by atoms with Gasteiger partial charge in [-0.2, -0.15) is 5.26 Å². The fraction of sp³-hybridized carbons (Fsp3) is 0.591. The Kier molecular flexibility index (Phi) is 7.10. The number of carbonyl (C=O) groups excluding carboxylic acids is 2. The number of nitriles is 1. The van der Waals surface area contributed by atoms with Gasteiger partial charge in [0.05, 0.1) is 6.07 Å². The standard InChI is InChI=1S/C22H30N4O3/c23-15-22(11-12-25-16-22)26(20(27)10-9-17-5-2-1-3-6-17)14-18-7-4-8-19(13-18)29-21(24)28/h4,7-8,13,17,25H,1-3,5-6,9-12,14,16H2,(H2,24,28). The zero-order chi connectivity index (χ0) is 20.7. The molecular formula is C22H30N4O3. The number of benzene rings is 1. The van der Waals surface area contributed by atoms with Gasteiger partial charge in [-0.1, -0.05) is 44.2 Å². The van der Waals surface area contributed by atoms with E-state index in [9.17, 15) is 14.9 Å². The van der Waals surface area contributed by atoms with E-state index in [0.29, 0.717) is 44.1 Å². The van der Waals surface area contributed by atoms with Crippen molar-refractivity contribution in [3.63, 3.8) is 0 Å². The summed E-state index contributed by atoms with van der Waals surface area (Å²) in [7, 11) is 0. The molecule has 0 radical (unpaired) electrons. The monoisotopic (exact) mass is 398 g/mol. The quantitative estimate of drug-likeness (QED) is 0.734. The maximum Gasteiger partial charge on any atom is 0.409 e. The van der Waals surface area contributed by atoms with Gasteiger partial charge in [0, 0.05) is 19.5 Å². The number of rotatable bonds is 7.